The largest absolute Gasteiger partial charge is 0.479 e. The predicted molar refractivity (Wildman–Crippen MR) is 93.2 cm³/mol. The molecule has 1 aliphatic carbocycles. The molecule has 1 aliphatic rings. The van der Waals surface area contributed by atoms with Gasteiger partial charge in [-0.2, -0.15) is 5.10 Å². The third-order valence-electron chi connectivity index (χ3n) is 5.06. The van der Waals surface area contributed by atoms with E-state index < -0.39 is 17.4 Å². The Morgan fingerprint density at radius 1 is 1.24 bits per heavy atom. The highest BCUT2D eigenvalue weighted by molar-refractivity contribution is 5.97. The van der Waals surface area contributed by atoms with Gasteiger partial charge in [-0.25, -0.2) is 4.79 Å². The number of benzene rings is 1. The fourth-order valence-corrected chi connectivity index (χ4v) is 3.61. The average Bonchev–Trinajstić information content (AvgIpc) is 3.30. The molecule has 3 rings (SSSR count). The molecule has 25 heavy (non-hydrogen) atoms. The zero-order chi connectivity index (χ0) is 17.9. The van der Waals surface area contributed by atoms with Crippen LogP contribution in [0.3, 0.4) is 0 Å². The normalized spacial score (nSPS) is 17.2. The Bertz CT molecular complexity index is 750. The van der Waals surface area contributed by atoms with Crippen LogP contribution in [0.2, 0.25) is 0 Å². The molecular formula is C19H23N3O3. The number of aromatic nitrogens is 2. The number of amides is 1. The Morgan fingerprint density at radius 3 is 2.52 bits per heavy atom. The molecule has 132 valence electrons. The van der Waals surface area contributed by atoms with Crippen molar-refractivity contribution in [1.29, 1.82) is 0 Å². The number of carboxylic acids is 1. The van der Waals surface area contributed by atoms with E-state index in [0.717, 1.165) is 25.7 Å². The topological polar surface area (TPSA) is 84.2 Å². The van der Waals surface area contributed by atoms with Crippen LogP contribution < -0.4 is 5.32 Å². The van der Waals surface area contributed by atoms with Crippen LogP contribution in [0.5, 0.6) is 0 Å². The highest BCUT2D eigenvalue weighted by Gasteiger charge is 2.41. The van der Waals surface area contributed by atoms with Crippen LogP contribution in [0, 0.1) is 0 Å². The smallest absolute Gasteiger partial charge is 0.334 e. The van der Waals surface area contributed by atoms with E-state index in [-0.39, 0.29) is 12.5 Å². The summed E-state index contributed by atoms with van der Waals surface area (Å²) in [6.07, 6.45) is 6.10. The predicted octanol–water partition coefficient (Wildman–Crippen LogP) is 3.12. The van der Waals surface area contributed by atoms with Crippen LogP contribution >= 0.6 is 0 Å². The molecule has 0 radical (unpaired) electrons. The van der Waals surface area contributed by atoms with Gasteiger partial charge in [-0.15, -0.1) is 0 Å². The molecule has 0 spiro atoms. The van der Waals surface area contributed by atoms with Crippen LogP contribution in [-0.4, -0.2) is 26.8 Å². The molecule has 0 aliphatic heterocycles. The highest BCUT2D eigenvalue weighted by Crippen LogP contribution is 2.31. The first-order valence-corrected chi connectivity index (χ1v) is 8.73. The molecule has 2 N–H and O–H groups in total. The summed E-state index contributed by atoms with van der Waals surface area (Å²) in [5, 5.41) is 16.9. The molecule has 1 saturated carbocycles. The Hall–Kier alpha value is -2.63. The fraction of sp³-hybridized carbons (Fsp3) is 0.421. The molecule has 1 fully saturated rings. The maximum absolute atomic E-state index is 12.9. The lowest BCUT2D eigenvalue weighted by Crippen LogP contribution is -2.52. The Labute approximate surface area is 146 Å². The standard InChI is InChI=1S/C19H23N3O3/c1-2-19(18(24)25,14-8-4-3-5-9-14)21-17(23)16-12-13-20-22(16)15-10-6-7-11-15/h3-5,8-9,12-13,15H,2,6-7,10-11H2,1H3,(H,21,23)(H,24,25). The second kappa shape index (κ2) is 7.09. The quantitative estimate of drug-likeness (QED) is 0.845. The van der Waals surface area contributed by atoms with Crippen molar-refractivity contribution in [2.24, 2.45) is 0 Å². The summed E-state index contributed by atoms with van der Waals surface area (Å²) in [4.78, 5) is 25.0. The monoisotopic (exact) mass is 341 g/mol. The van der Waals surface area contributed by atoms with E-state index >= 15 is 0 Å². The number of nitrogens with one attached hydrogen (secondary N) is 1. The Kier molecular flexibility index (Phi) is 4.88. The fourth-order valence-electron chi connectivity index (χ4n) is 3.61. The van der Waals surface area contributed by atoms with Gasteiger partial charge in [0.1, 0.15) is 5.69 Å². The van der Waals surface area contributed by atoms with Crippen molar-refractivity contribution < 1.29 is 14.7 Å². The molecule has 0 bridgehead atoms. The minimum atomic E-state index is -1.46. The summed E-state index contributed by atoms with van der Waals surface area (Å²) in [7, 11) is 0. The number of carboxylic acid groups (broad SMARTS) is 1. The number of hydrogen-bond acceptors (Lipinski definition) is 3. The number of hydrogen-bond donors (Lipinski definition) is 2. The number of carbonyl (C=O) groups excluding carboxylic acids is 1. The number of rotatable bonds is 6. The summed E-state index contributed by atoms with van der Waals surface area (Å²) < 4.78 is 1.75. The van der Waals surface area contributed by atoms with E-state index in [2.05, 4.69) is 10.4 Å². The summed E-state index contributed by atoms with van der Waals surface area (Å²) in [6, 6.07) is 10.7. The van der Waals surface area contributed by atoms with Gasteiger partial charge in [0.05, 0.1) is 6.04 Å². The lowest BCUT2D eigenvalue weighted by Gasteiger charge is -2.30. The van der Waals surface area contributed by atoms with Crippen LogP contribution in [0.4, 0.5) is 0 Å². The average molecular weight is 341 g/mol. The third-order valence-corrected chi connectivity index (χ3v) is 5.06. The van der Waals surface area contributed by atoms with E-state index in [0.29, 0.717) is 11.3 Å². The SMILES string of the molecule is CCC(NC(=O)c1ccnn1C1CCCC1)(C(=O)O)c1ccccc1. The van der Waals surface area contributed by atoms with Crippen LogP contribution in [-0.2, 0) is 10.3 Å². The second-order valence-corrected chi connectivity index (χ2v) is 6.48. The molecule has 1 aromatic carbocycles. The van der Waals surface area contributed by atoms with Gasteiger partial charge in [0, 0.05) is 6.20 Å². The van der Waals surface area contributed by atoms with E-state index in [1.165, 1.54) is 0 Å². The first-order chi connectivity index (χ1) is 12.1. The molecule has 1 atom stereocenters. The number of nitrogens with zero attached hydrogens (tertiary/aromatic N) is 2. The summed E-state index contributed by atoms with van der Waals surface area (Å²) in [5.74, 6) is -1.47. The lowest BCUT2D eigenvalue weighted by atomic mass is 9.87. The van der Waals surface area contributed by atoms with Crippen molar-refractivity contribution in [3.8, 4) is 0 Å². The van der Waals surface area contributed by atoms with Crippen molar-refractivity contribution in [2.45, 2.75) is 50.6 Å². The molecule has 1 amide bonds. The van der Waals surface area contributed by atoms with Gasteiger partial charge in [-0.05, 0) is 30.9 Å². The van der Waals surface area contributed by atoms with Crippen molar-refractivity contribution in [1.82, 2.24) is 15.1 Å². The van der Waals surface area contributed by atoms with Crippen LogP contribution in [0.1, 0.15) is 61.1 Å². The van der Waals surface area contributed by atoms with Gasteiger partial charge in [0.25, 0.3) is 5.91 Å². The summed E-state index contributed by atoms with van der Waals surface area (Å²) in [6.45, 7) is 1.76. The molecule has 0 saturated heterocycles. The second-order valence-electron chi connectivity index (χ2n) is 6.48. The lowest BCUT2D eigenvalue weighted by molar-refractivity contribution is -0.145. The molecule has 1 heterocycles. The zero-order valence-electron chi connectivity index (χ0n) is 14.3. The maximum Gasteiger partial charge on any atom is 0.334 e. The molecule has 6 heteroatoms. The van der Waals surface area contributed by atoms with Gasteiger partial charge >= 0.3 is 5.97 Å². The Balaban J connectivity index is 1.92. The number of aliphatic carboxylic acids is 1. The van der Waals surface area contributed by atoms with Gasteiger partial charge < -0.3 is 10.4 Å². The Morgan fingerprint density at radius 2 is 1.92 bits per heavy atom. The third kappa shape index (κ3) is 3.16. The van der Waals surface area contributed by atoms with Crippen molar-refractivity contribution in [3.05, 3.63) is 53.9 Å². The highest BCUT2D eigenvalue weighted by atomic mass is 16.4. The zero-order valence-corrected chi connectivity index (χ0v) is 14.3. The molecule has 1 aromatic heterocycles. The first kappa shape index (κ1) is 17.2. The number of carbonyl (C=O) groups is 2. The van der Waals surface area contributed by atoms with E-state index in [1.54, 1.807) is 48.1 Å². The van der Waals surface area contributed by atoms with E-state index in [9.17, 15) is 14.7 Å². The molecular weight excluding hydrogens is 318 g/mol. The van der Waals surface area contributed by atoms with Gasteiger partial charge in [0.2, 0.25) is 0 Å². The van der Waals surface area contributed by atoms with Crippen LogP contribution in [0.25, 0.3) is 0 Å². The van der Waals surface area contributed by atoms with Gasteiger partial charge in [-0.3, -0.25) is 9.48 Å². The van der Waals surface area contributed by atoms with Crippen LogP contribution in [0.15, 0.2) is 42.6 Å². The molecule has 2 aromatic rings. The van der Waals surface area contributed by atoms with Crippen molar-refractivity contribution >= 4 is 11.9 Å². The van der Waals surface area contributed by atoms with Gasteiger partial charge in [0.15, 0.2) is 5.54 Å². The van der Waals surface area contributed by atoms with E-state index in [4.69, 9.17) is 0 Å². The maximum atomic E-state index is 12.9. The molecule has 6 nitrogen and oxygen atoms in total. The van der Waals surface area contributed by atoms with Crippen molar-refractivity contribution in [2.75, 3.05) is 0 Å². The van der Waals surface area contributed by atoms with E-state index in [1.807, 2.05) is 6.07 Å². The minimum absolute atomic E-state index is 0.216. The van der Waals surface area contributed by atoms with Gasteiger partial charge in [-0.1, -0.05) is 50.1 Å². The van der Waals surface area contributed by atoms with Crippen molar-refractivity contribution in [3.63, 3.8) is 0 Å². The summed E-state index contributed by atoms with van der Waals surface area (Å²) in [5.41, 5.74) is -0.476. The first-order valence-electron chi connectivity index (χ1n) is 8.73. The minimum Gasteiger partial charge on any atom is -0.479 e. The summed E-state index contributed by atoms with van der Waals surface area (Å²) >= 11 is 0. The molecule has 1 unspecified atom stereocenters.